The fourth-order valence-corrected chi connectivity index (χ4v) is 3.56. The molecule has 4 N–H and O–H groups in total. The van der Waals surface area contributed by atoms with Gasteiger partial charge in [0.25, 0.3) is 0 Å². The van der Waals surface area contributed by atoms with Crippen LogP contribution in [0.25, 0.3) is 0 Å². The van der Waals surface area contributed by atoms with Crippen molar-refractivity contribution in [3.63, 3.8) is 0 Å². The molecule has 0 aliphatic carbocycles. The second-order valence-corrected chi connectivity index (χ2v) is 7.87. The number of aryl methyl sites for hydroxylation is 1. The van der Waals surface area contributed by atoms with Crippen molar-refractivity contribution < 1.29 is 14.4 Å². The summed E-state index contributed by atoms with van der Waals surface area (Å²) in [5.74, 6) is -2.01. The maximum absolute atomic E-state index is 12.4. The van der Waals surface area contributed by atoms with Gasteiger partial charge in [0, 0.05) is 44.0 Å². The maximum atomic E-state index is 12.4. The Bertz CT molecular complexity index is 919. The highest BCUT2D eigenvalue weighted by molar-refractivity contribution is 6.39. The normalized spacial score (nSPS) is 15.8. The van der Waals surface area contributed by atoms with Gasteiger partial charge in [0.15, 0.2) is 0 Å². The highest BCUT2D eigenvalue weighted by Gasteiger charge is 2.25. The van der Waals surface area contributed by atoms with Crippen molar-refractivity contribution in [1.29, 1.82) is 0 Å². The number of nitrogens with two attached hydrogens (primary N) is 1. The molecule has 0 bridgehead atoms. The number of nitrogens with one attached hydrogen (secondary N) is 2. The van der Waals surface area contributed by atoms with E-state index < -0.39 is 17.7 Å². The van der Waals surface area contributed by atoms with E-state index in [2.05, 4.69) is 51.7 Å². The molecule has 0 radical (unpaired) electrons. The van der Waals surface area contributed by atoms with Crippen LogP contribution >= 0.6 is 0 Å². The number of hydrogen-bond acceptors (Lipinski definition) is 5. The molecule has 0 spiro atoms. The molecule has 1 heterocycles. The van der Waals surface area contributed by atoms with E-state index in [1.807, 2.05) is 6.92 Å². The Labute approximate surface area is 182 Å². The number of benzene rings is 2. The number of anilines is 1. The number of carbonyl (C=O) groups excluding carboxylic acids is 3. The minimum Gasteiger partial charge on any atom is -0.366 e. The third-order valence-electron chi connectivity index (χ3n) is 5.53. The van der Waals surface area contributed by atoms with E-state index in [1.54, 1.807) is 0 Å². The van der Waals surface area contributed by atoms with Crippen LogP contribution in [0.3, 0.4) is 0 Å². The number of rotatable bonds is 6. The first kappa shape index (κ1) is 22.5. The Balaban J connectivity index is 1.62. The van der Waals surface area contributed by atoms with Crippen LogP contribution in [0.2, 0.25) is 0 Å². The molecule has 3 amide bonds. The van der Waals surface area contributed by atoms with Gasteiger partial charge < -0.3 is 21.3 Å². The maximum Gasteiger partial charge on any atom is 0.313 e. The van der Waals surface area contributed by atoms with E-state index in [1.165, 1.54) is 29.8 Å². The fraction of sp³-hybridized carbons (Fsp3) is 0.348. The number of nitrogens with zero attached hydrogens (tertiary/aromatic N) is 2. The van der Waals surface area contributed by atoms with Crippen molar-refractivity contribution in [2.75, 3.05) is 45.1 Å². The lowest BCUT2D eigenvalue weighted by molar-refractivity contribution is -0.136. The monoisotopic (exact) mass is 423 g/mol. The van der Waals surface area contributed by atoms with E-state index in [-0.39, 0.29) is 6.04 Å². The molecule has 31 heavy (non-hydrogen) atoms. The third-order valence-corrected chi connectivity index (χ3v) is 5.53. The number of hydrogen-bond donors (Lipinski definition) is 3. The molecule has 1 fully saturated rings. The molecular weight excluding hydrogens is 394 g/mol. The smallest absolute Gasteiger partial charge is 0.313 e. The van der Waals surface area contributed by atoms with Crippen LogP contribution in [0, 0.1) is 6.92 Å². The van der Waals surface area contributed by atoms with Gasteiger partial charge in [0.2, 0.25) is 5.91 Å². The topological polar surface area (TPSA) is 108 Å². The number of carbonyl (C=O) groups is 3. The van der Waals surface area contributed by atoms with Crippen molar-refractivity contribution in [2.45, 2.75) is 13.0 Å². The van der Waals surface area contributed by atoms with Crippen molar-refractivity contribution in [1.82, 2.24) is 15.1 Å². The molecule has 8 nitrogen and oxygen atoms in total. The zero-order valence-electron chi connectivity index (χ0n) is 17.9. The molecule has 3 rings (SSSR count). The third kappa shape index (κ3) is 6.13. The van der Waals surface area contributed by atoms with E-state index in [0.717, 1.165) is 31.7 Å². The quantitative estimate of drug-likeness (QED) is 0.604. The lowest BCUT2D eigenvalue weighted by atomic mass is 10.0. The van der Waals surface area contributed by atoms with Gasteiger partial charge in [-0.05, 0) is 43.8 Å². The molecule has 1 saturated heterocycles. The van der Waals surface area contributed by atoms with Crippen molar-refractivity contribution in [2.24, 2.45) is 5.73 Å². The largest absolute Gasteiger partial charge is 0.366 e. The second-order valence-electron chi connectivity index (χ2n) is 7.87. The van der Waals surface area contributed by atoms with Crippen LogP contribution in [-0.2, 0) is 9.59 Å². The Morgan fingerprint density at radius 2 is 1.55 bits per heavy atom. The molecule has 0 unspecified atom stereocenters. The summed E-state index contributed by atoms with van der Waals surface area (Å²) in [7, 11) is 2.10. The SMILES string of the molecule is Cc1ccc([C@H](CNC(=O)C(=O)Nc2ccc(C(N)=O)cc2)N2CCN(C)CC2)cc1. The fourth-order valence-electron chi connectivity index (χ4n) is 3.56. The van der Waals surface area contributed by atoms with Crippen molar-refractivity contribution in [3.05, 3.63) is 65.2 Å². The number of likely N-dealkylation sites (N-methyl/N-ethyl adjacent to an activating group) is 1. The zero-order valence-corrected chi connectivity index (χ0v) is 17.9. The molecule has 2 aromatic rings. The van der Waals surface area contributed by atoms with Gasteiger partial charge in [-0.15, -0.1) is 0 Å². The van der Waals surface area contributed by atoms with E-state index in [4.69, 9.17) is 5.73 Å². The predicted molar refractivity (Wildman–Crippen MR) is 120 cm³/mol. The van der Waals surface area contributed by atoms with Crippen molar-refractivity contribution in [3.8, 4) is 0 Å². The summed E-state index contributed by atoms with van der Waals surface area (Å²) in [5.41, 5.74) is 8.24. The lowest BCUT2D eigenvalue weighted by Gasteiger charge is -2.38. The van der Waals surface area contributed by atoms with Gasteiger partial charge >= 0.3 is 11.8 Å². The number of primary amides is 1. The summed E-state index contributed by atoms with van der Waals surface area (Å²) in [4.78, 5) is 40.5. The van der Waals surface area contributed by atoms with Crippen LogP contribution < -0.4 is 16.4 Å². The zero-order chi connectivity index (χ0) is 22.4. The van der Waals surface area contributed by atoms with Crippen molar-refractivity contribution >= 4 is 23.4 Å². The predicted octanol–water partition coefficient (Wildman–Crippen LogP) is 1.14. The Kier molecular flexibility index (Phi) is 7.38. The van der Waals surface area contributed by atoms with E-state index >= 15 is 0 Å². The first-order chi connectivity index (χ1) is 14.8. The molecule has 0 saturated carbocycles. The Morgan fingerprint density at radius 3 is 2.13 bits per heavy atom. The van der Waals surface area contributed by atoms with Gasteiger partial charge in [0.05, 0.1) is 6.04 Å². The minimum absolute atomic E-state index is 0.0131. The van der Waals surface area contributed by atoms with Crippen LogP contribution in [-0.4, -0.2) is 67.3 Å². The molecule has 0 aromatic heterocycles. The summed E-state index contributed by atoms with van der Waals surface area (Å²) in [5, 5.41) is 5.31. The molecule has 1 atom stereocenters. The van der Waals surface area contributed by atoms with Crippen LogP contribution in [0.15, 0.2) is 48.5 Å². The van der Waals surface area contributed by atoms with Gasteiger partial charge in [-0.2, -0.15) is 0 Å². The minimum atomic E-state index is -0.757. The average molecular weight is 424 g/mol. The summed E-state index contributed by atoms with van der Waals surface area (Å²) in [6.45, 7) is 6.07. The number of piperazine rings is 1. The highest BCUT2D eigenvalue weighted by Crippen LogP contribution is 2.22. The molecule has 1 aliphatic heterocycles. The van der Waals surface area contributed by atoms with Gasteiger partial charge in [-0.3, -0.25) is 19.3 Å². The molecule has 8 heteroatoms. The lowest BCUT2D eigenvalue weighted by Crippen LogP contribution is -2.49. The van der Waals surface area contributed by atoms with Crippen LogP contribution in [0.5, 0.6) is 0 Å². The second kappa shape index (κ2) is 10.2. The average Bonchev–Trinajstić information content (AvgIpc) is 2.76. The summed E-state index contributed by atoms with van der Waals surface area (Å²) < 4.78 is 0. The molecule has 2 aromatic carbocycles. The van der Waals surface area contributed by atoms with Gasteiger partial charge in [0.1, 0.15) is 0 Å². The highest BCUT2D eigenvalue weighted by atomic mass is 16.2. The van der Waals surface area contributed by atoms with Gasteiger partial charge in [-0.1, -0.05) is 29.8 Å². The molecular formula is C23H29N5O3. The Morgan fingerprint density at radius 1 is 0.935 bits per heavy atom. The first-order valence-corrected chi connectivity index (χ1v) is 10.3. The van der Waals surface area contributed by atoms with E-state index in [0.29, 0.717) is 17.8 Å². The van der Waals surface area contributed by atoms with Crippen LogP contribution in [0.1, 0.15) is 27.5 Å². The standard InChI is InChI=1S/C23H29N5O3/c1-16-3-5-17(6-4-16)20(28-13-11-27(2)12-14-28)15-25-22(30)23(31)26-19-9-7-18(8-10-19)21(24)29/h3-10,20H,11-15H2,1-2H3,(H2,24,29)(H,25,30)(H,26,31)/t20-/m0/s1. The van der Waals surface area contributed by atoms with E-state index in [9.17, 15) is 14.4 Å². The summed E-state index contributed by atoms with van der Waals surface area (Å²) >= 11 is 0. The summed E-state index contributed by atoms with van der Waals surface area (Å²) in [6.07, 6.45) is 0. The van der Waals surface area contributed by atoms with Gasteiger partial charge in [-0.25, -0.2) is 0 Å². The molecule has 1 aliphatic rings. The Hall–Kier alpha value is -3.23. The summed E-state index contributed by atoms with van der Waals surface area (Å²) in [6, 6.07) is 14.3. The van der Waals surface area contributed by atoms with Crippen LogP contribution in [0.4, 0.5) is 5.69 Å². The first-order valence-electron chi connectivity index (χ1n) is 10.3. The number of amides is 3. The molecule has 164 valence electrons.